The molecule has 4 rings (SSSR count). The number of amides is 1. The number of carbonyl (C=O) groups is 1. The molecule has 1 aromatic carbocycles. The molecule has 0 atom stereocenters. The van der Waals surface area contributed by atoms with Crippen molar-refractivity contribution < 1.29 is 13.2 Å². The van der Waals surface area contributed by atoms with E-state index in [9.17, 15) is 13.2 Å². The second-order valence-electron chi connectivity index (χ2n) is 8.83. The number of hydrogen-bond donors (Lipinski definition) is 3. The first-order valence-corrected chi connectivity index (χ1v) is 12.8. The summed E-state index contributed by atoms with van der Waals surface area (Å²) in [6.07, 6.45) is 7.61. The van der Waals surface area contributed by atoms with Gasteiger partial charge in [0, 0.05) is 38.3 Å². The van der Waals surface area contributed by atoms with Crippen molar-refractivity contribution in [2.75, 3.05) is 31.5 Å². The Morgan fingerprint density at radius 2 is 1.78 bits per heavy atom. The number of nitrogens with one attached hydrogen (secondary N) is 3. The van der Waals surface area contributed by atoms with Gasteiger partial charge >= 0.3 is 0 Å². The Hall–Kier alpha value is -1.68. The number of piperidine rings is 1. The maximum absolute atomic E-state index is 13.2. The Morgan fingerprint density at radius 1 is 1.12 bits per heavy atom. The number of rotatable bonds is 4. The number of aliphatic imine (C=N–C) groups is 1. The van der Waals surface area contributed by atoms with Crippen molar-refractivity contribution in [3.63, 3.8) is 0 Å². The minimum atomic E-state index is -3.57. The molecule has 1 aliphatic carbocycles. The molecule has 1 amide bonds. The van der Waals surface area contributed by atoms with E-state index in [-0.39, 0.29) is 28.7 Å². The normalized spacial score (nSPS) is 22.0. The third-order valence-electron chi connectivity index (χ3n) is 6.63. The summed E-state index contributed by atoms with van der Waals surface area (Å²) in [6, 6.07) is 6.85. The topological polar surface area (TPSA) is 103 Å². The molecule has 0 unspecified atom stereocenters. The molecule has 32 heavy (non-hydrogen) atoms. The molecule has 1 spiro atoms. The van der Waals surface area contributed by atoms with Gasteiger partial charge in [-0.25, -0.2) is 8.42 Å². The average Bonchev–Trinajstić information content (AvgIpc) is 2.77. The summed E-state index contributed by atoms with van der Waals surface area (Å²) in [7, 11) is -3.57. The molecule has 3 aliphatic rings. The predicted octanol–water partition coefficient (Wildman–Crippen LogP) is 2.51. The first kappa shape index (κ1) is 25.0. The van der Waals surface area contributed by atoms with E-state index in [0.29, 0.717) is 37.7 Å². The average molecular weight is 484 g/mol. The first-order valence-electron chi connectivity index (χ1n) is 11.3. The van der Waals surface area contributed by atoms with Crippen molar-refractivity contribution in [2.45, 2.75) is 68.3 Å². The van der Waals surface area contributed by atoms with Crippen LogP contribution in [-0.4, -0.2) is 62.2 Å². The molecule has 1 saturated carbocycles. The Kier molecular flexibility index (Phi) is 8.19. The molecule has 1 aromatic rings. The van der Waals surface area contributed by atoms with Crippen molar-refractivity contribution >= 4 is 39.9 Å². The van der Waals surface area contributed by atoms with Crippen LogP contribution in [0.15, 0.2) is 34.2 Å². The second-order valence-corrected chi connectivity index (χ2v) is 10.8. The molecule has 2 aliphatic heterocycles. The predicted molar refractivity (Wildman–Crippen MR) is 129 cm³/mol. The largest absolute Gasteiger partial charge is 0.370 e. The Labute approximate surface area is 197 Å². The molecule has 1 saturated heterocycles. The number of carbonyl (C=O) groups excluding carboxylic acids is 1. The highest BCUT2D eigenvalue weighted by Crippen LogP contribution is 2.30. The van der Waals surface area contributed by atoms with E-state index >= 15 is 0 Å². The van der Waals surface area contributed by atoms with Gasteiger partial charge < -0.3 is 16.0 Å². The van der Waals surface area contributed by atoms with E-state index in [0.717, 1.165) is 18.9 Å². The van der Waals surface area contributed by atoms with E-state index in [1.807, 2.05) is 0 Å². The monoisotopic (exact) mass is 483 g/mol. The molecule has 10 heteroatoms. The Bertz CT molecular complexity index is 921. The maximum Gasteiger partial charge on any atom is 0.243 e. The molecular formula is C22H34ClN5O3S. The van der Waals surface area contributed by atoms with Crippen molar-refractivity contribution in [1.29, 1.82) is 0 Å². The van der Waals surface area contributed by atoms with Crippen LogP contribution in [0.5, 0.6) is 0 Å². The standard InChI is InChI=1S/C22H33N5O3S.ClH/c1-17(28)25-19-7-9-20(10-8-19)31(29,30)27-15-11-22(12-16-27)21(23-13-14-24-22)26-18-5-3-2-4-6-18;/h7-10,18,24H,2-6,11-16H2,1H3,(H,23,26)(H,25,28);1H. The number of sulfonamides is 1. The van der Waals surface area contributed by atoms with E-state index in [2.05, 4.69) is 16.0 Å². The lowest BCUT2D eigenvalue weighted by Gasteiger charge is -2.45. The molecule has 0 aromatic heterocycles. The zero-order valence-corrected chi connectivity index (χ0v) is 20.2. The lowest BCUT2D eigenvalue weighted by Crippen LogP contribution is -2.65. The lowest BCUT2D eigenvalue weighted by atomic mass is 9.84. The summed E-state index contributed by atoms with van der Waals surface area (Å²) in [6.45, 7) is 3.92. The van der Waals surface area contributed by atoms with Gasteiger partial charge in [0.15, 0.2) is 0 Å². The maximum atomic E-state index is 13.2. The summed E-state index contributed by atoms with van der Waals surface area (Å²) in [5.74, 6) is 0.846. The van der Waals surface area contributed by atoms with Crippen LogP contribution in [0.2, 0.25) is 0 Å². The van der Waals surface area contributed by atoms with Gasteiger partial charge in [-0.15, -0.1) is 12.4 Å². The van der Waals surface area contributed by atoms with Crippen LogP contribution in [0.4, 0.5) is 5.69 Å². The van der Waals surface area contributed by atoms with Crippen molar-refractivity contribution in [3.05, 3.63) is 24.3 Å². The fraction of sp³-hybridized carbons (Fsp3) is 0.636. The highest BCUT2D eigenvalue weighted by molar-refractivity contribution is 7.89. The summed E-state index contributed by atoms with van der Waals surface area (Å²) in [5.41, 5.74) is 0.335. The number of nitrogens with zero attached hydrogens (tertiary/aromatic N) is 2. The van der Waals surface area contributed by atoms with Gasteiger partial charge in [0.1, 0.15) is 5.84 Å². The van der Waals surface area contributed by atoms with Gasteiger partial charge in [-0.05, 0) is 49.9 Å². The summed E-state index contributed by atoms with van der Waals surface area (Å²) in [5, 5.41) is 10.0. The van der Waals surface area contributed by atoms with Crippen LogP contribution in [-0.2, 0) is 14.8 Å². The Balaban J connectivity index is 0.00000289. The SMILES string of the molecule is CC(=O)Nc1ccc(S(=O)(=O)N2CCC3(CC2)NCCN=C3NC2CCCCC2)cc1.Cl. The molecule has 8 nitrogen and oxygen atoms in total. The van der Waals surface area contributed by atoms with Crippen LogP contribution >= 0.6 is 12.4 Å². The number of benzene rings is 1. The molecular weight excluding hydrogens is 450 g/mol. The van der Waals surface area contributed by atoms with Gasteiger partial charge in [0.05, 0.1) is 17.0 Å². The molecule has 178 valence electrons. The number of halogens is 1. The highest BCUT2D eigenvalue weighted by Gasteiger charge is 2.43. The van der Waals surface area contributed by atoms with Crippen LogP contribution in [0.3, 0.4) is 0 Å². The van der Waals surface area contributed by atoms with Crippen molar-refractivity contribution in [1.82, 2.24) is 14.9 Å². The van der Waals surface area contributed by atoms with Crippen LogP contribution in [0.1, 0.15) is 51.9 Å². The molecule has 0 radical (unpaired) electrons. The molecule has 2 fully saturated rings. The summed E-state index contributed by atoms with van der Waals surface area (Å²) in [4.78, 5) is 16.3. The summed E-state index contributed by atoms with van der Waals surface area (Å²) >= 11 is 0. The summed E-state index contributed by atoms with van der Waals surface area (Å²) < 4.78 is 27.9. The van der Waals surface area contributed by atoms with Crippen molar-refractivity contribution in [2.24, 2.45) is 4.99 Å². The third-order valence-corrected chi connectivity index (χ3v) is 8.55. The molecule has 3 N–H and O–H groups in total. The van der Waals surface area contributed by atoms with Crippen LogP contribution in [0.25, 0.3) is 0 Å². The number of anilines is 1. The van der Waals surface area contributed by atoms with Gasteiger partial charge in [-0.3, -0.25) is 9.79 Å². The quantitative estimate of drug-likeness (QED) is 0.610. The Morgan fingerprint density at radius 3 is 2.41 bits per heavy atom. The van der Waals surface area contributed by atoms with Gasteiger partial charge in [-0.2, -0.15) is 4.31 Å². The molecule has 0 bridgehead atoms. The zero-order chi connectivity index (χ0) is 21.9. The highest BCUT2D eigenvalue weighted by atomic mass is 35.5. The minimum absolute atomic E-state index is 0. The van der Waals surface area contributed by atoms with E-state index in [1.165, 1.54) is 39.0 Å². The van der Waals surface area contributed by atoms with Gasteiger partial charge in [0.2, 0.25) is 15.9 Å². The van der Waals surface area contributed by atoms with E-state index < -0.39 is 10.0 Å². The number of amidine groups is 1. The van der Waals surface area contributed by atoms with E-state index in [4.69, 9.17) is 4.99 Å². The van der Waals surface area contributed by atoms with Crippen LogP contribution in [0, 0.1) is 0 Å². The lowest BCUT2D eigenvalue weighted by molar-refractivity contribution is -0.114. The second kappa shape index (κ2) is 10.5. The van der Waals surface area contributed by atoms with E-state index in [1.54, 1.807) is 28.6 Å². The van der Waals surface area contributed by atoms with Gasteiger partial charge in [0.25, 0.3) is 0 Å². The third kappa shape index (κ3) is 5.44. The fourth-order valence-electron chi connectivity index (χ4n) is 4.91. The van der Waals surface area contributed by atoms with Crippen molar-refractivity contribution in [3.8, 4) is 0 Å². The number of hydrogen-bond acceptors (Lipinski definition) is 6. The first-order chi connectivity index (χ1) is 14.9. The zero-order valence-electron chi connectivity index (χ0n) is 18.6. The molecule has 2 heterocycles. The smallest absolute Gasteiger partial charge is 0.243 e. The van der Waals surface area contributed by atoms with Gasteiger partial charge in [-0.1, -0.05) is 19.3 Å². The fourth-order valence-corrected chi connectivity index (χ4v) is 6.35. The minimum Gasteiger partial charge on any atom is -0.370 e. The van der Waals surface area contributed by atoms with Crippen LogP contribution < -0.4 is 16.0 Å².